The molecule has 1 heterocycles. The Bertz CT molecular complexity index is 581. The summed E-state index contributed by atoms with van der Waals surface area (Å²) >= 11 is 7.58. The number of rotatable bonds is 6. The third-order valence-electron chi connectivity index (χ3n) is 3.14. The number of nitrogens with one attached hydrogen (secondary N) is 1. The molecule has 0 aliphatic heterocycles. The van der Waals surface area contributed by atoms with E-state index in [2.05, 4.69) is 10.5 Å². The second-order valence-electron chi connectivity index (χ2n) is 4.68. The van der Waals surface area contributed by atoms with Crippen LogP contribution in [-0.4, -0.2) is 23.1 Å². The van der Waals surface area contributed by atoms with Gasteiger partial charge in [-0.05, 0) is 30.3 Å². The van der Waals surface area contributed by atoms with E-state index in [4.69, 9.17) is 16.1 Å². The molecule has 2 aromatic rings. The SMILES string of the molecule is CSC[C@@H](NC(=O)Cc1c(C)noc1Cl)c1ccccc1. The van der Waals surface area contributed by atoms with E-state index in [-0.39, 0.29) is 23.6 Å². The quantitative estimate of drug-likeness (QED) is 0.884. The van der Waals surface area contributed by atoms with Crippen LogP contribution in [0.4, 0.5) is 0 Å². The minimum absolute atomic E-state index is 0.0207. The number of aryl methyl sites for hydroxylation is 1. The number of benzene rings is 1. The molecule has 0 radical (unpaired) electrons. The first-order chi connectivity index (χ1) is 10.1. The lowest BCUT2D eigenvalue weighted by Gasteiger charge is -2.18. The lowest BCUT2D eigenvalue weighted by atomic mass is 10.1. The van der Waals surface area contributed by atoms with Gasteiger partial charge in [-0.25, -0.2) is 0 Å². The molecular formula is C15H17ClN2O2S. The Hall–Kier alpha value is -1.46. The molecule has 1 aromatic heterocycles. The molecule has 0 aliphatic carbocycles. The van der Waals surface area contributed by atoms with Gasteiger partial charge in [0.1, 0.15) is 0 Å². The predicted molar refractivity (Wildman–Crippen MR) is 85.7 cm³/mol. The summed E-state index contributed by atoms with van der Waals surface area (Å²) in [5.41, 5.74) is 2.38. The fourth-order valence-corrected chi connectivity index (χ4v) is 2.88. The van der Waals surface area contributed by atoms with Crippen molar-refractivity contribution in [2.75, 3.05) is 12.0 Å². The summed E-state index contributed by atoms with van der Waals surface area (Å²) in [6.45, 7) is 1.77. The Labute approximate surface area is 133 Å². The van der Waals surface area contributed by atoms with Crippen LogP contribution < -0.4 is 5.32 Å². The molecule has 0 bridgehead atoms. The van der Waals surface area contributed by atoms with E-state index in [0.29, 0.717) is 11.3 Å². The van der Waals surface area contributed by atoms with Crippen LogP contribution in [0.1, 0.15) is 22.9 Å². The molecule has 4 nitrogen and oxygen atoms in total. The normalized spacial score (nSPS) is 12.1. The molecular weight excluding hydrogens is 308 g/mol. The highest BCUT2D eigenvalue weighted by Crippen LogP contribution is 2.21. The van der Waals surface area contributed by atoms with Crippen molar-refractivity contribution in [3.8, 4) is 0 Å². The summed E-state index contributed by atoms with van der Waals surface area (Å²) in [4.78, 5) is 12.2. The van der Waals surface area contributed by atoms with Crippen molar-refractivity contribution in [3.05, 3.63) is 52.4 Å². The summed E-state index contributed by atoms with van der Waals surface area (Å²) in [7, 11) is 0. The van der Waals surface area contributed by atoms with Crippen LogP contribution >= 0.6 is 23.4 Å². The van der Waals surface area contributed by atoms with Crippen molar-refractivity contribution in [3.63, 3.8) is 0 Å². The van der Waals surface area contributed by atoms with E-state index in [1.165, 1.54) is 0 Å². The van der Waals surface area contributed by atoms with Crippen molar-refractivity contribution in [1.82, 2.24) is 10.5 Å². The Morgan fingerprint density at radius 3 is 2.71 bits per heavy atom. The van der Waals surface area contributed by atoms with Crippen LogP contribution in [0, 0.1) is 6.92 Å². The third kappa shape index (κ3) is 4.25. The zero-order valence-corrected chi connectivity index (χ0v) is 13.5. The van der Waals surface area contributed by atoms with Gasteiger partial charge in [-0.3, -0.25) is 4.79 Å². The maximum atomic E-state index is 12.2. The number of thioether (sulfide) groups is 1. The van der Waals surface area contributed by atoms with Crippen molar-refractivity contribution >= 4 is 29.3 Å². The van der Waals surface area contributed by atoms with Crippen molar-refractivity contribution in [2.24, 2.45) is 0 Å². The molecule has 0 unspecified atom stereocenters. The van der Waals surface area contributed by atoms with E-state index in [1.54, 1.807) is 18.7 Å². The molecule has 2 rings (SSSR count). The Morgan fingerprint density at radius 1 is 1.43 bits per heavy atom. The van der Waals surface area contributed by atoms with Gasteiger partial charge in [-0.2, -0.15) is 11.8 Å². The number of hydrogen-bond acceptors (Lipinski definition) is 4. The van der Waals surface area contributed by atoms with E-state index in [0.717, 1.165) is 11.3 Å². The van der Waals surface area contributed by atoms with E-state index in [1.807, 2.05) is 36.6 Å². The van der Waals surface area contributed by atoms with E-state index in [9.17, 15) is 4.79 Å². The summed E-state index contributed by atoms with van der Waals surface area (Å²) in [5.74, 6) is 0.720. The van der Waals surface area contributed by atoms with Crippen molar-refractivity contribution in [2.45, 2.75) is 19.4 Å². The maximum absolute atomic E-state index is 12.2. The van der Waals surface area contributed by atoms with Gasteiger partial charge in [0.2, 0.25) is 11.1 Å². The van der Waals surface area contributed by atoms with Crippen LogP contribution in [0.2, 0.25) is 5.22 Å². The summed E-state index contributed by atoms with van der Waals surface area (Å²) in [6.07, 6.45) is 2.19. The first kappa shape index (κ1) is 15.9. The molecule has 6 heteroatoms. The molecule has 112 valence electrons. The average Bonchev–Trinajstić information content (AvgIpc) is 2.79. The fourth-order valence-electron chi connectivity index (χ4n) is 2.04. The lowest BCUT2D eigenvalue weighted by Crippen LogP contribution is -2.31. The molecule has 1 atom stereocenters. The minimum atomic E-state index is -0.0916. The van der Waals surface area contributed by atoms with Crippen LogP contribution in [-0.2, 0) is 11.2 Å². The van der Waals surface area contributed by atoms with Gasteiger partial charge in [0, 0.05) is 11.3 Å². The van der Waals surface area contributed by atoms with Crippen LogP contribution in [0.25, 0.3) is 0 Å². The van der Waals surface area contributed by atoms with E-state index >= 15 is 0 Å². The van der Waals surface area contributed by atoms with Crippen molar-refractivity contribution in [1.29, 1.82) is 0 Å². The number of aromatic nitrogens is 1. The van der Waals surface area contributed by atoms with Gasteiger partial charge in [0.25, 0.3) is 0 Å². The second kappa shape index (κ2) is 7.52. The molecule has 1 amide bonds. The lowest BCUT2D eigenvalue weighted by molar-refractivity contribution is -0.121. The Kier molecular flexibility index (Phi) is 5.70. The highest BCUT2D eigenvalue weighted by Gasteiger charge is 2.18. The molecule has 0 saturated heterocycles. The Morgan fingerprint density at radius 2 is 2.14 bits per heavy atom. The second-order valence-corrected chi connectivity index (χ2v) is 5.94. The van der Waals surface area contributed by atoms with Gasteiger partial charge in [0.15, 0.2) is 0 Å². The number of hydrogen-bond donors (Lipinski definition) is 1. The molecule has 1 aromatic carbocycles. The molecule has 21 heavy (non-hydrogen) atoms. The van der Waals surface area contributed by atoms with Gasteiger partial charge >= 0.3 is 0 Å². The minimum Gasteiger partial charge on any atom is -0.348 e. The summed E-state index contributed by atoms with van der Waals surface area (Å²) in [5, 5.41) is 6.97. The van der Waals surface area contributed by atoms with Crippen LogP contribution in [0.3, 0.4) is 0 Å². The maximum Gasteiger partial charge on any atom is 0.229 e. The molecule has 0 saturated carbocycles. The molecule has 0 spiro atoms. The third-order valence-corrected chi connectivity index (χ3v) is 4.11. The fraction of sp³-hybridized carbons (Fsp3) is 0.333. The zero-order chi connectivity index (χ0) is 15.2. The first-order valence-electron chi connectivity index (χ1n) is 6.55. The molecule has 0 aliphatic rings. The molecule has 0 fully saturated rings. The van der Waals surface area contributed by atoms with Gasteiger partial charge in [-0.1, -0.05) is 35.5 Å². The van der Waals surface area contributed by atoms with Crippen LogP contribution in [0.5, 0.6) is 0 Å². The molecule has 1 N–H and O–H groups in total. The number of amides is 1. The zero-order valence-electron chi connectivity index (χ0n) is 11.9. The first-order valence-corrected chi connectivity index (χ1v) is 8.33. The largest absolute Gasteiger partial charge is 0.348 e. The smallest absolute Gasteiger partial charge is 0.229 e. The van der Waals surface area contributed by atoms with Gasteiger partial charge in [0.05, 0.1) is 18.2 Å². The summed E-state index contributed by atoms with van der Waals surface area (Å²) in [6, 6.07) is 9.90. The Balaban J connectivity index is 2.05. The topological polar surface area (TPSA) is 55.1 Å². The van der Waals surface area contributed by atoms with E-state index < -0.39 is 0 Å². The van der Waals surface area contributed by atoms with Gasteiger partial charge in [-0.15, -0.1) is 0 Å². The number of carbonyl (C=O) groups excluding carboxylic acids is 1. The van der Waals surface area contributed by atoms with Crippen molar-refractivity contribution < 1.29 is 9.32 Å². The van der Waals surface area contributed by atoms with Gasteiger partial charge < -0.3 is 9.84 Å². The number of nitrogens with zero attached hydrogens (tertiary/aromatic N) is 1. The standard InChI is InChI=1S/C15H17ClN2O2S/c1-10-12(15(16)20-18-10)8-14(19)17-13(9-21-2)11-6-4-3-5-7-11/h3-7,13H,8-9H2,1-2H3,(H,17,19)/t13-/m1/s1. The highest BCUT2D eigenvalue weighted by atomic mass is 35.5. The highest BCUT2D eigenvalue weighted by molar-refractivity contribution is 7.98. The number of halogens is 1. The summed E-state index contributed by atoms with van der Waals surface area (Å²) < 4.78 is 4.86. The average molecular weight is 325 g/mol. The predicted octanol–water partition coefficient (Wildman–Crippen LogP) is 3.40. The number of carbonyl (C=O) groups is 1. The monoisotopic (exact) mass is 324 g/mol. The van der Waals surface area contributed by atoms with Crippen LogP contribution in [0.15, 0.2) is 34.9 Å².